The number of aliphatic hydroxyl groups excluding tert-OH is 1. The lowest BCUT2D eigenvalue weighted by Gasteiger charge is -2.28. The van der Waals surface area contributed by atoms with E-state index in [1.807, 2.05) is 54.6 Å². The van der Waals surface area contributed by atoms with Gasteiger partial charge in [0, 0.05) is 18.7 Å². The lowest BCUT2D eigenvalue weighted by Crippen LogP contribution is -2.38. The number of likely N-dealkylation sites (N-methyl/N-ethyl adjacent to an activating group) is 1. The van der Waals surface area contributed by atoms with Gasteiger partial charge in [-0.1, -0.05) is 56.3 Å². The maximum atomic E-state index is 13.5. The number of rotatable bonds is 10. The van der Waals surface area contributed by atoms with E-state index >= 15 is 0 Å². The number of nitrogens with zero attached hydrogens (tertiary/aromatic N) is 2. The monoisotopic (exact) mass is 542 g/mol. The van der Waals surface area contributed by atoms with E-state index in [4.69, 9.17) is 14.2 Å². The van der Waals surface area contributed by atoms with Gasteiger partial charge in [0.15, 0.2) is 11.5 Å². The molecule has 0 unspecified atom stereocenters. The van der Waals surface area contributed by atoms with E-state index in [0.717, 1.165) is 18.7 Å². The molecule has 0 radical (unpaired) electrons. The number of Topliss-reactive ketones (excluding diaryl/α,β-unsaturated/α-hetero) is 1. The van der Waals surface area contributed by atoms with E-state index in [9.17, 15) is 14.7 Å². The summed E-state index contributed by atoms with van der Waals surface area (Å²) in [6.45, 7) is 7.92. The molecule has 0 saturated carbocycles. The maximum Gasteiger partial charge on any atom is 0.295 e. The Bertz CT molecular complexity index is 1400. The summed E-state index contributed by atoms with van der Waals surface area (Å²) < 4.78 is 17.3. The molecule has 0 aliphatic carbocycles. The molecule has 1 atom stereocenters. The standard InChI is InChI=1S/C32H34N2O6/c1-3-33(4-2)15-16-34-29(23-11-8-12-25(19-23)40-21-22-9-6-5-7-10-22)28(31(36)32(34)37)30(35)24-13-14-26-27(20-24)39-18-17-38-26/h5-14,19-20,29,35H,3-4,15-18,21H2,1-2H3/b30-28+/t29-/m1/s1. The number of ketones is 1. The quantitative estimate of drug-likeness (QED) is 0.224. The normalized spacial score (nSPS) is 17.9. The van der Waals surface area contributed by atoms with Gasteiger partial charge in [-0.05, 0) is 54.5 Å². The molecular weight excluding hydrogens is 508 g/mol. The zero-order chi connectivity index (χ0) is 28.1. The van der Waals surface area contributed by atoms with E-state index in [-0.39, 0.29) is 11.3 Å². The third-order valence-corrected chi connectivity index (χ3v) is 7.33. The van der Waals surface area contributed by atoms with Crippen molar-refractivity contribution < 1.29 is 28.9 Å². The van der Waals surface area contributed by atoms with Crippen LogP contribution >= 0.6 is 0 Å². The minimum atomic E-state index is -0.774. The SMILES string of the molecule is CCN(CC)CCN1C(=O)C(=O)/C(=C(/O)c2ccc3c(c2)OCCO3)[C@H]1c1cccc(OCc2ccccc2)c1. The number of benzene rings is 3. The topological polar surface area (TPSA) is 88.5 Å². The molecule has 2 aliphatic rings. The van der Waals surface area contributed by atoms with Crippen LogP contribution in [-0.2, 0) is 16.2 Å². The number of amides is 1. The van der Waals surface area contributed by atoms with Crippen LogP contribution in [0.5, 0.6) is 17.2 Å². The van der Waals surface area contributed by atoms with Crippen LogP contribution in [0.25, 0.3) is 5.76 Å². The fourth-order valence-corrected chi connectivity index (χ4v) is 5.11. The lowest BCUT2D eigenvalue weighted by molar-refractivity contribution is -0.140. The van der Waals surface area contributed by atoms with Crippen molar-refractivity contribution in [2.45, 2.75) is 26.5 Å². The average Bonchev–Trinajstić information content (AvgIpc) is 3.25. The molecule has 0 spiro atoms. The van der Waals surface area contributed by atoms with Crippen LogP contribution in [0.4, 0.5) is 0 Å². The minimum Gasteiger partial charge on any atom is -0.507 e. The lowest BCUT2D eigenvalue weighted by atomic mass is 9.95. The van der Waals surface area contributed by atoms with Crippen molar-refractivity contribution in [2.24, 2.45) is 0 Å². The fourth-order valence-electron chi connectivity index (χ4n) is 5.11. The molecule has 1 fully saturated rings. The molecule has 3 aromatic rings. The van der Waals surface area contributed by atoms with Crippen LogP contribution < -0.4 is 14.2 Å². The molecule has 1 N–H and O–H groups in total. The Morgan fingerprint density at radius 2 is 1.70 bits per heavy atom. The summed E-state index contributed by atoms with van der Waals surface area (Å²) in [4.78, 5) is 30.6. The first-order valence-corrected chi connectivity index (χ1v) is 13.7. The molecule has 8 heteroatoms. The number of hydrogen-bond donors (Lipinski definition) is 1. The third kappa shape index (κ3) is 5.67. The second-order valence-corrected chi connectivity index (χ2v) is 9.72. The zero-order valence-electron chi connectivity index (χ0n) is 22.8. The maximum absolute atomic E-state index is 13.5. The molecule has 208 valence electrons. The number of fused-ring (bicyclic) bond motifs is 1. The summed E-state index contributed by atoms with van der Waals surface area (Å²) in [5, 5.41) is 11.5. The fraction of sp³-hybridized carbons (Fsp3) is 0.312. The van der Waals surface area contributed by atoms with Crippen LogP contribution in [0.3, 0.4) is 0 Å². The second kappa shape index (κ2) is 12.3. The van der Waals surface area contributed by atoms with Gasteiger partial charge in [-0.15, -0.1) is 0 Å². The highest BCUT2D eigenvalue weighted by Crippen LogP contribution is 2.41. The van der Waals surface area contributed by atoms with E-state index in [2.05, 4.69) is 18.7 Å². The molecule has 40 heavy (non-hydrogen) atoms. The zero-order valence-corrected chi connectivity index (χ0v) is 22.8. The van der Waals surface area contributed by atoms with Crippen LogP contribution in [-0.4, -0.2) is 66.0 Å². The van der Waals surface area contributed by atoms with Crippen molar-refractivity contribution >= 4 is 17.4 Å². The highest BCUT2D eigenvalue weighted by molar-refractivity contribution is 6.46. The summed E-state index contributed by atoms with van der Waals surface area (Å²) in [7, 11) is 0. The van der Waals surface area contributed by atoms with Crippen LogP contribution in [0.15, 0.2) is 78.4 Å². The number of likely N-dealkylation sites (tertiary alicyclic amines) is 1. The number of hydrogen-bond acceptors (Lipinski definition) is 7. The molecule has 1 amide bonds. The van der Waals surface area contributed by atoms with E-state index in [0.29, 0.717) is 61.3 Å². The van der Waals surface area contributed by atoms with Gasteiger partial charge in [0.1, 0.15) is 31.3 Å². The van der Waals surface area contributed by atoms with Crippen LogP contribution in [0, 0.1) is 0 Å². The predicted octanol–water partition coefficient (Wildman–Crippen LogP) is 4.80. The van der Waals surface area contributed by atoms with Crippen molar-refractivity contribution in [3.63, 3.8) is 0 Å². The first-order chi connectivity index (χ1) is 19.5. The Kier molecular flexibility index (Phi) is 8.36. The van der Waals surface area contributed by atoms with Crippen molar-refractivity contribution in [1.29, 1.82) is 0 Å². The summed E-state index contributed by atoms with van der Waals surface area (Å²) >= 11 is 0. The van der Waals surface area contributed by atoms with Gasteiger partial charge >= 0.3 is 0 Å². The first kappa shape index (κ1) is 27.3. The number of aliphatic hydroxyl groups is 1. The van der Waals surface area contributed by atoms with Crippen LogP contribution in [0.2, 0.25) is 0 Å². The van der Waals surface area contributed by atoms with Gasteiger partial charge in [0.05, 0.1) is 11.6 Å². The highest BCUT2D eigenvalue weighted by atomic mass is 16.6. The summed E-state index contributed by atoms with van der Waals surface area (Å²) in [6.07, 6.45) is 0. The number of carbonyl (C=O) groups excluding carboxylic acids is 2. The number of ether oxygens (including phenoxy) is 3. The average molecular weight is 543 g/mol. The van der Waals surface area contributed by atoms with Gasteiger partial charge in [-0.3, -0.25) is 9.59 Å². The number of carbonyl (C=O) groups is 2. The van der Waals surface area contributed by atoms with Crippen molar-refractivity contribution in [1.82, 2.24) is 9.80 Å². The first-order valence-electron chi connectivity index (χ1n) is 13.7. The van der Waals surface area contributed by atoms with Gasteiger partial charge in [0.2, 0.25) is 0 Å². The summed E-state index contributed by atoms with van der Waals surface area (Å²) in [5.74, 6) is 0.0666. The van der Waals surface area contributed by atoms with Crippen LogP contribution in [0.1, 0.15) is 36.6 Å². The molecule has 0 bridgehead atoms. The van der Waals surface area contributed by atoms with E-state index in [1.165, 1.54) is 0 Å². The van der Waals surface area contributed by atoms with Gasteiger partial charge < -0.3 is 29.1 Å². The largest absolute Gasteiger partial charge is 0.507 e. The summed E-state index contributed by atoms with van der Waals surface area (Å²) in [5.41, 5.74) is 2.13. The van der Waals surface area contributed by atoms with Gasteiger partial charge in [0.25, 0.3) is 11.7 Å². The van der Waals surface area contributed by atoms with Crippen molar-refractivity contribution in [3.8, 4) is 17.2 Å². The van der Waals surface area contributed by atoms with E-state index in [1.54, 1.807) is 23.1 Å². The van der Waals surface area contributed by atoms with Crippen molar-refractivity contribution in [3.05, 3.63) is 95.1 Å². The molecule has 3 aromatic carbocycles. The smallest absolute Gasteiger partial charge is 0.295 e. The Morgan fingerprint density at radius 3 is 2.45 bits per heavy atom. The molecule has 0 aromatic heterocycles. The highest BCUT2D eigenvalue weighted by Gasteiger charge is 2.46. The molecule has 1 saturated heterocycles. The van der Waals surface area contributed by atoms with Gasteiger partial charge in [-0.25, -0.2) is 0 Å². The molecule has 2 heterocycles. The Balaban J connectivity index is 1.53. The summed E-state index contributed by atoms with van der Waals surface area (Å²) in [6, 6.07) is 21.4. The predicted molar refractivity (Wildman–Crippen MR) is 151 cm³/mol. The molecule has 5 rings (SSSR count). The van der Waals surface area contributed by atoms with E-state index < -0.39 is 17.7 Å². The Labute approximate surface area is 234 Å². The van der Waals surface area contributed by atoms with Crippen molar-refractivity contribution in [2.75, 3.05) is 39.4 Å². The molecular formula is C32H34N2O6. The molecule has 2 aliphatic heterocycles. The Hall–Kier alpha value is -4.30. The minimum absolute atomic E-state index is 0.0430. The molecule has 8 nitrogen and oxygen atoms in total. The third-order valence-electron chi connectivity index (χ3n) is 7.33. The van der Waals surface area contributed by atoms with Gasteiger partial charge in [-0.2, -0.15) is 0 Å². The second-order valence-electron chi connectivity index (χ2n) is 9.72. The Morgan fingerprint density at radius 1 is 0.950 bits per heavy atom.